The predicted molar refractivity (Wildman–Crippen MR) is 186 cm³/mol. The molecule has 9 rings (SSSR count). The minimum Gasteiger partial charge on any atom is -0.425 e. The van der Waals surface area contributed by atoms with Gasteiger partial charge in [-0.25, -0.2) is 0 Å². The van der Waals surface area contributed by atoms with Crippen LogP contribution in [-0.4, -0.2) is 19.1 Å². The molecule has 0 saturated carbocycles. The fourth-order valence-electron chi connectivity index (χ4n) is 6.81. The van der Waals surface area contributed by atoms with Crippen molar-refractivity contribution in [1.29, 1.82) is 0 Å². The van der Waals surface area contributed by atoms with Gasteiger partial charge in [0, 0.05) is 5.41 Å². The van der Waals surface area contributed by atoms with Gasteiger partial charge in [0.2, 0.25) is 0 Å². The van der Waals surface area contributed by atoms with E-state index in [4.69, 9.17) is 19.4 Å². The Hall–Kier alpha value is -6.14. The smallest absolute Gasteiger partial charge is 0.307 e. The molecule has 6 nitrogen and oxygen atoms in total. The first kappa shape index (κ1) is 27.2. The molecule has 0 aliphatic heterocycles. The number of hydrogen-bond donors (Lipinski definition) is 0. The number of benzene rings is 6. The van der Waals surface area contributed by atoms with Crippen LogP contribution in [0.25, 0.3) is 44.6 Å². The van der Waals surface area contributed by atoms with Crippen LogP contribution >= 0.6 is 0 Å². The molecule has 0 fully saturated rings. The lowest BCUT2D eigenvalue weighted by Gasteiger charge is -2.22. The number of fused-ring (bicyclic) bond motifs is 5. The Balaban J connectivity index is 1.25. The summed E-state index contributed by atoms with van der Waals surface area (Å²) < 4.78 is 17.0. The van der Waals surface area contributed by atoms with Gasteiger partial charge in [0.15, 0.2) is 0 Å². The Morgan fingerprint density at radius 2 is 0.830 bits per heavy atom. The van der Waals surface area contributed by atoms with Gasteiger partial charge in [-0.3, -0.25) is 9.13 Å². The monoisotopic (exact) mass is 610 g/mol. The second-order valence-corrected chi connectivity index (χ2v) is 12.4. The largest absolute Gasteiger partial charge is 0.425 e. The van der Waals surface area contributed by atoms with Gasteiger partial charge >= 0.3 is 12.0 Å². The van der Waals surface area contributed by atoms with Crippen LogP contribution in [0.3, 0.4) is 0 Å². The molecule has 6 aromatic carbocycles. The van der Waals surface area contributed by atoms with Crippen molar-refractivity contribution in [3.05, 3.63) is 157 Å². The van der Waals surface area contributed by atoms with Gasteiger partial charge in [0.25, 0.3) is 0 Å². The van der Waals surface area contributed by atoms with Crippen LogP contribution in [0.2, 0.25) is 0 Å². The van der Waals surface area contributed by atoms with Crippen LogP contribution < -0.4 is 9.47 Å². The van der Waals surface area contributed by atoms with E-state index in [1.165, 1.54) is 11.1 Å². The maximum Gasteiger partial charge on any atom is 0.307 e. The van der Waals surface area contributed by atoms with Crippen LogP contribution in [0.15, 0.2) is 146 Å². The Morgan fingerprint density at radius 1 is 0.468 bits per heavy atom. The van der Waals surface area contributed by atoms with E-state index in [9.17, 15) is 0 Å². The van der Waals surface area contributed by atoms with Gasteiger partial charge in [0.1, 0.15) is 11.5 Å². The maximum atomic E-state index is 6.39. The van der Waals surface area contributed by atoms with Gasteiger partial charge < -0.3 is 9.47 Å². The summed E-state index contributed by atoms with van der Waals surface area (Å²) in [6.45, 7) is 4.59. The van der Waals surface area contributed by atoms with Crippen molar-refractivity contribution in [3.63, 3.8) is 0 Å². The summed E-state index contributed by atoms with van der Waals surface area (Å²) in [4.78, 5) is 10.1. The standard InChI is InChI=1S/C41H30N4O2/c1-41(2)33-25-37-35(42-39(46-29-19-11-5-12-20-29)44(37)27-15-7-3-8-16-27)23-31(33)32-24-36-38(26-34(32)41)45(28-17-9-4-10-18-28)40(43-36)47-30-21-13-6-14-22-30/h3-26H,1-2H3. The lowest BCUT2D eigenvalue weighted by molar-refractivity contribution is 0.436. The first-order valence-electron chi connectivity index (χ1n) is 15.8. The number of para-hydroxylation sites is 4. The van der Waals surface area contributed by atoms with Gasteiger partial charge in [-0.05, 0) is 95.1 Å². The van der Waals surface area contributed by atoms with Crippen molar-refractivity contribution in [1.82, 2.24) is 19.1 Å². The second-order valence-electron chi connectivity index (χ2n) is 12.4. The summed E-state index contributed by atoms with van der Waals surface area (Å²) in [5.41, 5.74) is 10.2. The van der Waals surface area contributed by atoms with Crippen LogP contribution in [-0.2, 0) is 5.41 Å². The van der Waals surface area contributed by atoms with Crippen molar-refractivity contribution in [2.75, 3.05) is 0 Å². The highest BCUT2D eigenvalue weighted by Crippen LogP contribution is 2.52. The van der Waals surface area contributed by atoms with Crippen LogP contribution in [0.1, 0.15) is 25.0 Å². The molecular formula is C41H30N4O2. The van der Waals surface area contributed by atoms with Crippen LogP contribution in [0.4, 0.5) is 0 Å². The zero-order chi connectivity index (χ0) is 31.5. The van der Waals surface area contributed by atoms with E-state index < -0.39 is 0 Å². The summed E-state index contributed by atoms with van der Waals surface area (Å²) in [6, 6.07) is 50.2. The van der Waals surface area contributed by atoms with Gasteiger partial charge in [0.05, 0.1) is 33.4 Å². The Labute approximate surface area is 272 Å². The quantitative estimate of drug-likeness (QED) is 0.188. The van der Waals surface area contributed by atoms with Crippen molar-refractivity contribution >= 4 is 22.1 Å². The third-order valence-corrected chi connectivity index (χ3v) is 9.10. The molecule has 6 heteroatoms. The van der Waals surface area contributed by atoms with E-state index >= 15 is 0 Å². The van der Waals surface area contributed by atoms with Crippen molar-refractivity contribution in [2.24, 2.45) is 0 Å². The summed E-state index contributed by atoms with van der Waals surface area (Å²) >= 11 is 0. The summed E-state index contributed by atoms with van der Waals surface area (Å²) in [5, 5.41) is 0. The molecule has 1 aliphatic rings. The van der Waals surface area contributed by atoms with Gasteiger partial charge in [-0.15, -0.1) is 0 Å². The fraction of sp³-hybridized carbons (Fsp3) is 0.0732. The maximum absolute atomic E-state index is 6.39. The number of imidazole rings is 2. The summed E-state index contributed by atoms with van der Waals surface area (Å²) in [7, 11) is 0. The van der Waals surface area contributed by atoms with E-state index in [1.807, 2.05) is 97.1 Å². The van der Waals surface area contributed by atoms with E-state index in [-0.39, 0.29) is 5.41 Å². The number of aromatic nitrogens is 4. The van der Waals surface area contributed by atoms with Crippen LogP contribution in [0, 0.1) is 0 Å². The highest BCUT2D eigenvalue weighted by Gasteiger charge is 2.38. The Morgan fingerprint density at radius 3 is 1.21 bits per heavy atom. The highest BCUT2D eigenvalue weighted by atomic mass is 16.5. The van der Waals surface area contributed by atoms with E-state index in [0.717, 1.165) is 56.1 Å². The first-order valence-corrected chi connectivity index (χ1v) is 15.8. The zero-order valence-corrected chi connectivity index (χ0v) is 26.0. The Kier molecular flexibility index (Phi) is 6.05. The molecule has 0 radical (unpaired) electrons. The normalized spacial score (nSPS) is 13.1. The molecule has 47 heavy (non-hydrogen) atoms. The van der Waals surface area contributed by atoms with Gasteiger partial charge in [-0.2, -0.15) is 9.97 Å². The molecular weight excluding hydrogens is 580 g/mol. The number of hydrogen-bond acceptors (Lipinski definition) is 4. The molecule has 0 atom stereocenters. The molecule has 0 N–H and O–H groups in total. The molecule has 0 saturated heterocycles. The SMILES string of the molecule is CC1(C)c2cc3c(cc2-c2cc4nc(Oc5ccccc5)n(-c5ccccc5)c4cc21)nc(Oc1ccccc1)n3-c1ccccc1. The average Bonchev–Trinajstić information content (AvgIpc) is 3.71. The predicted octanol–water partition coefficient (Wildman–Crippen LogP) is 10.3. The summed E-state index contributed by atoms with van der Waals surface area (Å²) in [6.07, 6.45) is 0. The van der Waals surface area contributed by atoms with Crippen molar-refractivity contribution in [2.45, 2.75) is 19.3 Å². The first-order chi connectivity index (χ1) is 23.0. The average molecular weight is 611 g/mol. The van der Waals surface area contributed by atoms with Gasteiger partial charge in [-0.1, -0.05) is 86.6 Å². The molecule has 0 bridgehead atoms. The lowest BCUT2D eigenvalue weighted by Crippen LogP contribution is -2.15. The molecule has 2 heterocycles. The number of nitrogens with zero attached hydrogens (tertiary/aromatic N) is 4. The summed E-state index contributed by atoms with van der Waals surface area (Å²) in [5.74, 6) is 1.48. The number of ether oxygens (including phenoxy) is 2. The van der Waals surface area contributed by atoms with E-state index in [1.54, 1.807) is 0 Å². The Bertz CT molecular complexity index is 2240. The van der Waals surface area contributed by atoms with Crippen molar-refractivity contribution < 1.29 is 9.47 Å². The molecule has 226 valence electrons. The van der Waals surface area contributed by atoms with Crippen molar-refractivity contribution in [3.8, 4) is 46.0 Å². The minimum atomic E-state index is -0.286. The third kappa shape index (κ3) is 4.41. The third-order valence-electron chi connectivity index (χ3n) is 9.10. The second kappa shape index (κ2) is 10.5. The molecule has 0 spiro atoms. The molecule has 0 amide bonds. The number of rotatable bonds is 6. The molecule has 2 aromatic heterocycles. The molecule has 1 aliphatic carbocycles. The highest BCUT2D eigenvalue weighted by molar-refractivity contribution is 5.96. The van der Waals surface area contributed by atoms with E-state index in [2.05, 4.69) is 71.5 Å². The minimum absolute atomic E-state index is 0.286. The van der Waals surface area contributed by atoms with E-state index in [0.29, 0.717) is 12.0 Å². The molecule has 0 unspecified atom stereocenters. The lowest BCUT2D eigenvalue weighted by atomic mass is 9.82. The topological polar surface area (TPSA) is 54.1 Å². The molecule has 8 aromatic rings. The van der Waals surface area contributed by atoms with Crippen LogP contribution in [0.5, 0.6) is 23.5 Å². The zero-order valence-electron chi connectivity index (χ0n) is 26.0. The fourth-order valence-corrected chi connectivity index (χ4v) is 6.81.